The Morgan fingerprint density at radius 1 is 1.47 bits per heavy atom. The van der Waals surface area contributed by atoms with Gasteiger partial charge in [-0.25, -0.2) is 0 Å². The summed E-state index contributed by atoms with van der Waals surface area (Å²) >= 11 is 0. The Hall–Kier alpha value is -1.99. The van der Waals surface area contributed by atoms with Gasteiger partial charge in [0.05, 0.1) is 12.1 Å². The normalized spacial score (nSPS) is 13.3. The van der Waals surface area contributed by atoms with Crippen LogP contribution in [-0.2, 0) is 11.2 Å². The lowest BCUT2D eigenvalue weighted by Crippen LogP contribution is -2.46. The minimum atomic E-state index is -0.641. The number of hydrogen-bond donors (Lipinski definition) is 3. The highest BCUT2D eigenvalue weighted by Crippen LogP contribution is 2.11. The average Bonchev–Trinajstić information content (AvgIpc) is 2.40. The molecule has 0 fully saturated rings. The van der Waals surface area contributed by atoms with E-state index in [0.29, 0.717) is 6.42 Å². The van der Waals surface area contributed by atoms with Crippen molar-refractivity contribution in [2.45, 2.75) is 38.3 Å². The summed E-state index contributed by atoms with van der Waals surface area (Å²) in [6, 6.07) is 5.73. The molecule has 1 aromatic rings. The number of nitrogens with two attached hydrogens (primary N) is 1. The van der Waals surface area contributed by atoms with Gasteiger partial charge in [-0.3, -0.25) is 4.79 Å². The van der Waals surface area contributed by atoms with Crippen molar-refractivity contribution < 1.29 is 9.90 Å². The van der Waals surface area contributed by atoms with Gasteiger partial charge in [-0.15, -0.1) is 6.42 Å². The standard InChI is InChI=1S/C15H20N2O2/c1-3-5-12(4-2)17-15(19)14(16)10-11-6-8-13(18)9-7-11/h2,6-9,12,14,18H,3,5,10,16H2,1H3,(H,17,19)/t12?,14-/m0/s1. The van der Waals surface area contributed by atoms with Crippen molar-refractivity contribution >= 4 is 5.91 Å². The number of phenolic OH excluding ortho intramolecular Hbond substituents is 1. The first kappa shape index (κ1) is 15.1. The number of hydrogen-bond acceptors (Lipinski definition) is 3. The third kappa shape index (κ3) is 5.02. The maximum absolute atomic E-state index is 11.9. The zero-order valence-corrected chi connectivity index (χ0v) is 11.1. The summed E-state index contributed by atoms with van der Waals surface area (Å²) in [6.45, 7) is 2.01. The van der Waals surface area contributed by atoms with Crippen LogP contribution in [0.3, 0.4) is 0 Å². The fourth-order valence-corrected chi connectivity index (χ4v) is 1.74. The monoisotopic (exact) mass is 260 g/mol. The van der Waals surface area contributed by atoms with Crippen LogP contribution >= 0.6 is 0 Å². The van der Waals surface area contributed by atoms with Crippen molar-refractivity contribution in [1.82, 2.24) is 5.32 Å². The van der Waals surface area contributed by atoms with Crippen molar-refractivity contribution in [3.63, 3.8) is 0 Å². The third-order valence-electron chi connectivity index (χ3n) is 2.82. The molecule has 0 spiro atoms. The second kappa shape index (κ2) is 7.45. The van der Waals surface area contributed by atoms with Crippen LogP contribution in [0.2, 0.25) is 0 Å². The Labute approximate surface area is 114 Å². The van der Waals surface area contributed by atoms with Crippen LogP contribution in [0, 0.1) is 12.3 Å². The fraction of sp³-hybridized carbons (Fsp3) is 0.400. The quantitative estimate of drug-likeness (QED) is 0.672. The number of carbonyl (C=O) groups is 1. The van der Waals surface area contributed by atoms with E-state index in [9.17, 15) is 9.90 Å². The topological polar surface area (TPSA) is 75.4 Å². The van der Waals surface area contributed by atoms with Gasteiger partial charge >= 0.3 is 0 Å². The van der Waals surface area contributed by atoms with Gasteiger partial charge in [-0.2, -0.15) is 0 Å². The van der Waals surface area contributed by atoms with Crippen LogP contribution in [0.4, 0.5) is 0 Å². The van der Waals surface area contributed by atoms with Crippen LogP contribution in [-0.4, -0.2) is 23.1 Å². The molecule has 19 heavy (non-hydrogen) atoms. The van der Waals surface area contributed by atoms with E-state index in [1.54, 1.807) is 24.3 Å². The van der Waals surface area contributed by atoms with Gasteiger partial charge in [-0.05, 0) is 30.5 Å². The molecule has 1 aromatic carbocycles. The lowest BCUT2D eigenvalue weighted by molar-refractivity contribution is -0.122. The molecule has 0 aromatic heterocycles. The molecular weight excluding hydrogens is 240 g/mol. The number of aromatic hydroxyl groups is 1. The van der Waals surface area contributed by atoms with E-state index in [-0.39, 0.29) is 17.7 Å². The summed E-state index contributed by atoms with van der Waals surface area (Å²) in [5.41, 5.74) is 6.74. The highest BCUT2D eigenvalue weighted by Gasteiger charge is 2.16. The number of amides is 1. The molecule has 4 N–H and O–H groups in total. The number of phenols is 1. The molecule has 0 saturated heterocycles. The van der Waals surface area contributed by atoms with Crippen LogP contribution < -0.4 is 11.1 Å². The first-order chi connectivity index (χ1) is 9.06. The van der Waals surface area contributed by atoms with E-state index in [1.165, 1.54) is 0 Å². The summed E-state index contributed by atoms with van der Waals surface area (Å²) in [6.07, 6.45) is 7.40. The highest BCUT2D eigenvalue weighted by atomic mass is 16.3. The maximum Gasteiger partial charge on any atom is 0.238 e. The summed E-state index contributed by atoms with van der Waals surface area (Å²) in [4.78, 5) is 11.9. The molecule has 0 heterocycles. The fourth-order valence-electron chi connectivity index (χ4n) is 1.74. The number of terminal acetylenes is 1. The van der Waals surface area contributed by atoms with Crippen molar-refractivity contribution in [1.29, 1.82) is 0 Å². The van der Waals surface area contributed by atoms with E-state index < -0.39 is 6.04 Å². The molecular formula is C15H20N2O2. The first-order valence-electron chi connectivity index (χ1n) is 6.36. The Morgan fingerprint density at radius 2 is 2.11 bits per heavy atom. The zero-order valence-electron chi connectivity index (χ0n) is 11.1. The number of nitrogens with one attached hydrogen (secondary N) is 1. The van der Waals surface area contributed by atoms with Crippen molar-refractivity contribution in [2.75, 3.05) is 0 Å². The van der Waals surface area contributed by atoms with Gasteiger partial charge in [-0.1, -0.05) is 31.4 Å². The molecule has 1 unspecified atom stereocenters. The van der Waals surface area contributed by atoms with Crippen molar-refractivity contribution in [3.05, 3.63) is 29.8 Å². The SMILES string of the molecule is C#CC(CCC)NC(=O)[C@@H](N)Cc1ccc(O)cc1. The molecule has 4 nitrogen and oxygen atoms in total. The molecule has 0 aliphatic rings. The largest absolute Gasteiger partial charge is 0.508 e. The first-order valence-corrected chi connectivity index (χ1v) is 6.36. The average molecular weight is 260 g/mol. The lowest BCUT2D eigenvalue weighted by Gasteiger charge is -2.16. The summed E-state index contributed by atoms with van der Waals surface area (Å²) in [5, 5.41) is 11.9. The zero-order chi connectivity index (χ0) is 14.3. The second-order valence-corrected chi connectivity index (χ2v) is 4.49. The van der Waals surface area contributed by atoms with Crippen LogP contribution in [0.15, 0.2) is 24.3 Å². The Balaban J connectivity index is 2.53. The molecule has 0 radical (unpaired) electrons. The van der Waals surface area contributed by atoms with Crippen molar-refractivity contribution in [3.8, 4) is 18.1 Å². The molecule has 0 aliphatic carbocycles. The number of carbonyl (C=O) groups excluding carboxylic acids is 1. The number of rotatable bonds is 6. The van der Waals surface area contributed by atoms with E-state index in [0.717, 1.165) is 18.4 Å². The van der Waals surface area contributed by atoms with E-state index in [2.05, 4.69) is 11.2 Å². The predicted molar refractivity (Wildman–Crippen MR) is 75.5 cm³/mol. The Bertz CT molecular complexity index is 448. The molecule has 1 rings (SSSR count). The predicted octanol–water partition coefficient (Wildman–Crippen LogP) is 1.18. The van der Waals surface area contributed by atoms with E-state index in [1.807, 2.05) is 6.92 Å². The minimum Gasteiger partial charge on any atom is -0.508 e. The van der Waals surface area contributed by atoms with Crippen LogP contribution in [0.25, 0.3) is 0 Å². The van der Waals surface area contributed by atoms with Crippen molar-refractivity contribution in [2.24, 2.45) is 5.73 Å². The van der Waals surface area contributed by atoms with E-state index in [4.69, 9.17) is 12.2 Å². The molecule has 0 saturated carbocycles. The highest BCUT2D eigenvalue weighted by molar-refractivity contribution is 5.82. The van der Waals surface area contributed by atoms with Gasteiger partial charge in [0.15, 0.2) is 0 Å². The summed E-state index contributed by atoms with van der Waals surface area (Å²) < 4.78 is 0. The van der Waals surface area contributed by atoms with Gasteiger partial charge in [0.1, 0.15) is 5.75 Å². The molecule has 0 aliphatic heterocycles. The Morgan fingerprint density at radius 3 is 2.63 bits per heavy atom. The molecule has 102 valence electrons. The summed E-state index contributed by atoms with van der Waals surface area (Å²) in [7, 11) is 0. The minimum absolute atomic E-state index is 0.192. The molecule has 2 atom stereocenters. The van der Waals surface area contributed by atoms with E-state index >= 15 is 0 Å². The molecule has 4 heteroatoms. The van der Waals surface area contributed by atoms with Crippen LogP contribution in [0.1, 0.15) is 25.3 Å². The van der Waals surface area contributed by atoms with Gasteiger partial charge in [0.25, 0.3) is 0 Å². The number of benzene rings is 1. The third-order valence-corrected chi connectivity index (χ3v) is 2.82. The molecule has 1 amide bonds. The second-order valence-electron chi connectivity index (χ2n) is 4.49. The smallest absolute Gasteiger partial charge is 0.238 e. The molecule has 0 bridgehead atoms. The van der Waals surface area contributed by atoms with Crippen LogP contribution in [0.5, 0.6) is 5.75 Å². The van der Waals surface area contributed by atoms with Gasteiger partial charge < -0.3 is 16.2 Å². The Kier molecular flexibility index (Phi) is 5.91. The maximum atomic E-state index is 11.9. The lowest BCUT2D eigenvalue weighted by atomic mass is 10.1. The van der Waals surface area contributed by atoms with Gasteiger partial charge in [0, 0.05) is 0 Å². The summed E-state index contributed by atoms with van der Waals surface area (Å²) in [5.74, 6) is 2.49. The van der Waals surface area contributed by atoms with Gasteiger partial charge in [0.2, 0.25) is 5.91 Å².